The molecule has 1 heterocycles. The fourth-order valence-corrected chi connectivity index (χ4v) is 3.86. The molecule has 0 spiro atoms. The summed E-state index contributed by atoms with van der Waals surface area (Å²) in [5.41, 5.74) is 4.05. The summed E-state index contributed by atoms with van der Waals surface area (Å²) < 4.78 is 5.17. The topological polar surface area (TPSA) is 79.5 Å². The van der Waals surface area contributed by atoms with Crippen molar-refractivity contribution in [3.05, 3.63) is 101 Å². The second-order valence-corrected chi connectivity index (χ2v) is 7.82. The van der Waals surface area contributed by atoms with Crippen molar-refractivity contribution in [2.45, 2.75) is 31.6 Å². The van der Waals surface area contributed by atoms with Crippen LogP contribution in [0.5, 0.6) is 5.75 Å². The molecule has 2 amide bonds. The molecule has 1 aliphatic heterocycles. The second kappa shape index (κ2) is 10.1. The molecule has 3 aromatic rings. The maximum atomic E-state index is 13.1. The van der Waals surface area contributed by atoms with Crippen molar-refractivity contribution in [2.24, 2.45) is 0 Å². The van der Waals surface area contributed by atoms with Gasteiger partial charge in [-0.25, -0.2) is 0 Å². The molecule has 0 saturated heterocycles. The van der Waals surface area contributed by atoms with Crippen LogP contribution in [0, 0.1) is 0 Å². The largest absolute Gasteiger partial charge is 0.497 e. The highest BCUT2D eigenvalue weighted by molar-refractivity contribution is 5.90. The lowest BCUT2D eigenvalue weighted by atomic mass is 9.95. The summed E-state index contributed by atoms with van der Waals surface area (Å²) in [5, 5.41) is 9.18. The van der Waals surface area contributed by atoms with Crippen LogP contribution in [0.4, 0.5) is 0 Å². The number of benzene rings is 3. The van der Waals surface area contributed by atoms with Gasteiger partial charge in [-0.3, -0.25) is 9.59 Å². The maximum Gasteiger partial charge on any atom is 0.247 e. The molecule has 6 nitrogen and oxygen atoms in total. The van der Waals surface area contributed by atoms with Gasteiger partial charge in [-0.05, 0) is 40.8 Å². The minimum absolute atomic E-state index is 0.187. The molecular weight excluding hydrogens is 402 g/mol. The molecule has 4 rings (SSSR count). The predicted molar refractivity (Wildman–Crippen MR) is 123 cm³/mol. The van der Waals surface area contributed by atoms with Crippen molar-refractivity contribution in [1.29, 1.82) is 0 Å². The van der Waals surface area contributed by atoms with Gasteiger partial charge in [-0.2, -0.15) is 0 Å². The van der Waals surface area contributed by atoms with Crippen molar-refractivity contribution >= 4 is 11.8 Å². The van der Waals surface area contributed by atoms with E-state index < -0.39 is 6.04 Å². The van der Waals surface area contributed by atoms with Gasteiger partial charge in [0.1, 0.15) is 11.8 Å². The number of methoxy groups -OCH3 is 1. The second-order valence-electron chi connectivity index (χ2n) is 7.82. The Morgan fingerprint density at radius 3 is 2.38 bits per heavy atom. The monoisotopic (exact) mass is 429 g/mol. The molecule has 3 aromatic carbocycles. The number of hydrogen-bond donors (Lipinski definition) is 3. The highest BCUT2D eigenvalue weighted by atomic mass is 16.5. The molecule has 0 saturated carbocycles. The minimum atomic E-state index is -0.777. The molecule has 2 atom stereocenters. The van der Waals surface area contributed by atoms with Crippen LogP contribution in [0.1, 0.15) is 28.3 Å². The Bertz CT molecular complexity index is 1070. The fourth-order valence-electron chi connectivity index (χ4n) is 3.86. The smallest absolute Gasteiger partial charge is 0.247 e. The molecule has 6 heteroatoms. The first-order valence-corrected chi connectivity index (χ1v) is 10.7. The molecule has 32 heavy (non-hydrogen) atoms. The maximum absolute atomic E-state index is 13.1. The SMILES string of the molecule is COc1ccc(CNC(=O)C(NC(=O)C2Cc3ccccc3CN2)c2ccccc2)cc1. The molecule has 1 aliphatic rings. The van der Waals surface area contributed by atoms with Gasteiger partial charge in [-0.1, -0.05) is 66.7 Å². The summed E-state index contributed by atoms with van der Waals surface area (Å²) in [6.45, 7) is 0.991. The summed E-state index contributed by atoms with van der Waals surface area (Å²) in [5.74, 6) is 0.320. The third kappa shape index (κ3) is 5.15. The zero-order chi connectivity index (χ0) is 22.3. The lowest BCUT2D eigenvalue weighted by molar-refractivity contribution is -0.130. The Hall–Kier alpha value is -3.64. The fraction of sp³-hybridized carbons (Fsp3) is 0.231. The minimum Gasteiger partial charge on any atom is -0.497 e. The Morgan fingerprint density at radius 1 is 0.969 bits per heavy atom. The van der Waals surface area contributed by atoms with E-state index in [0.717, 1.165) is 22.4 Å². The summed E-state index contributed by atoms with van der Waals surface area (Å²) in [7, 11) is 1.61. The van der Waals surface area contributed by atoms with Crippen LogP contribution in [0.25, 0.3) is 0 Å². The standard InChI is InChI=1S/C26H27N3O3/c1-32-22-13-11-18(12-14-22)16-28-26(31)24(19-7-3-2-4-8-19)29-25(30)23-15-20-9-5-6-10-21(20)17-27-23/h2-14,23-24,27H,15-17H2,1H3,(H,28,31)(H,29,30). The average molecular weight is 430 g/mol. The van der Waals surface area contributed by atoms with E-state index in [-0.39, 0.29) is 17.9 Å². The molecule has 164 valence electrons. The van der Waals surface area contributed by atoms with Gasteiger partial charge >= 0.3 is 0 Å². The van der Waals surface area contributed by atoms with Crippen LogP contribution in [-0.4, -0.2) is 25.0 Å². The highest BCUT2D eigenvalue weighted by Gasteiger charge is 2.29. The number of hydrogen-bond acceptors (Lipinski definition) is 4. The Kier molecular flexibility index (Phi) is 6.82. The van der Waals surface area contributed by atoms with Gasteiger partial charge in [0.15, 0.2) is 0 Å². The first-order valence-electron chi connectivity index (χ1n) is 10.7. The number of carbonyl (C=O) groups excluding carboxylic acids is 2. The van der Waals surface area contributed by atoms with Crippen molar-refractivity contribution in [2.75, 3.05) is 7.11 Å². The zero-order valence-corrected chi connectivity index (χ0v) is 18.0. The lowest BCUT2D eigenvalue weighted by Crippen LogP contribution is -2.50. The van der Waals surface area contributed by atoms with Gasteiger partial charge in [0.2, 0.25) is 11.8 Å². The molecule has 2 unspecified atom stereocenters. The van der Waals surface area contributed by atoms with Crippen LogP contribution in [0.3, 0.4) is 0 Å². The summed E-state index contributed by atoms with van der Waals surface area (Å²) in [6.07, 6.45) is 0.594. The van der Waals surface area contributed by atoms with Crippen molar-refractivity contribution in [1.82, 2.24) is 16.0 Å². The average Bonchev–Trinajstić information content (AvgIpc) is 2.86. The first-order chi connectivity index (χ1) is 15.6. The normalized spacial score (nSPS) is 15.8. The van der Waals surface area contributed by atoms with Gasteiger partial charge in [-0.15, -0.1) is 0 Å². The third-order valence-electron chi connectivity index (χ3n) is 5.71. The van der Waals surface area contributed by atoms with E-state index in [9.17, 15) is 9.59 Å². The predicted octanol–water partition coefficient (Wildman–Crippen LogP) is 2.88. The highest BCUT2D eigenvalue weighted by Crippen LogP contribution is 2.19. The molecule has 0 radical (unpaired) electrons. The van der Waals surface area contributed by atoms with Gasteiger partial charge in [0.05, 0.1) is 13.2 Å². The van der Waals surface area contributed by atoms with Crippen LogP contribution in [0.2, 0.25) is 0 Å². The Balaban J connectivity index is 1.44. The van der Waals surface area contributed by atoms with Crippen LogP contribution < -0.4 is 20.7 Å². The molecule has 0 bridgehead atoms. The zero-order valence-electron chi connectivity index (χ0n) is 18.0. The molecular formula is C26H27N3O3. The first kappa shape index (κ1) is 21.6. The van der Waals surface area contributed by atoms with Crippen LogP contribution in [0.15, 0.2) is 78.9 Å². The van der Waals surface area contributed by atoms with Crippen LogP contribution in [-0.2, 0) is 29.1 Å². The molecule has 0 fully saturated rings. The van der Waals surface area contributed by atoms with Gasteiger partial charge in [0.25, 0.3) is 0 Å². The van der Waals surface area contributed by atoms with E-state index in [1.54, 1.807) is 7.11 Å². The quantitative estimate of drug-likeness (QED) is 0.540. The summed E-state index contributed by atoms with van der Waals surface area (Å²) in [4.78, 5) is 26.2. The molecule has 0 aromatic heterocycles. The van der Waals surface area contributed by atoms with Crippen molar-refractivity contribution < 1.29 is 14.3 Å². The van der Waals surface area contributed by atoms with Gasteiger partial charge < -0.3 is 20.7 Å². The summed E-state index contributed by atoms with van der Waals surface area (Å²) in [6, 6.07) is 23.7. The van der Waals surface area contributed by atoms with E-state index in [1.807, 2.05) is 72.8 Å². The van der Waals surface area contributed by atoms with Crippen LogP contribution >= 0.6 is 0 Å². The number of carbonyl (C=O) groups is 2. The van der Waals surface area contributed by atoms with E-state index in [2.05, 4.69) is 22.0 Å². The number of nitrogens with one attached hydrogen (secondary N) is 3. The number of fused-ring (bicyclic) bond motifs is 1. The Morgan fingerprint density at radius 2 is 1.66 bits per heavy atom. The van der Waals surface area contributed by atoms with E-state index in [1.165, 1.54) is 5.56 Å². The lowest BCUT2D eigenvalue weighted by Gasteiger charge is -2.27. The number of ether oxygens (including phenoxy) is 1. The molecule has 3 N–H and O–H groups in total. The van der Waals surface area contributed by atoms with Gasteiger partial charge in [0, 0.05) is 13.1 Å². The number of amides is 2. The molecule has 0 aliphatic carbocycles. The van der Waals surface area contributed by atoms with E-state index in [4.69, 9.17) is 4.74 Å². The summed E-state index contributed by atoms with van der Waals surface area (Å²) >= 11 is 0. The van der Waals surface area contributed by atoms with E-state index in [0.29, 0.717) is 19.5 Å². The van der Waals surface area contributed by atoms with Crippen molar-refractivity contribution in [3.63, 3.8) is 0 Å². The van der Waals surface area contributed by atoms with Crippen molar-refractivity contribution in [3.8, 4) is 5.75 Å². The third-order valence-corrected chi connectivity index (χ3v) is 5.71. The Labute approximate surface area is 188 Å². The number of rotatable bonds is 7. The van der Waals surface area contributed by atoms with E-state index >= 15 is 0 Å².